The minimum Gasteiger partial charge on any atom is -0.384 e. The Morgan fingerprint density at radius 3 is 2.09 bits per heavy atom. The minimum absolute atomic E-state index is 0.119. The fraction of sp³-hybridized carbons (Fsp3) is 0.0588. The lowest BCUT2D eigenvalue weighted by Gasteiger charge is -1.99. The molecule has 5 nitrogen and oxygen atoms in total. The van der Waals surface area contributed by atoms with E-state index in [1.54, 1.807) is 31.0 Å². The number of aliphatic hydroxyl groups excluding tert-OH is 1. The molecular weight excluding hydrogens is 312 g/mol. The van der Waals surface area contributed by atoms with Gasteiger partial charge >= 0.3 is 0 Å². The highest BCUT2D eigenvalue weighted by Gasteiger charge is 1.97. The third-order valence-corrected chi connectivity index (χ3v) is 2.78. The van der Waals surface area contributed by atoms with E-state index >= 15 is 0 Å². The second-order valence-electron chi connectivity index (χ2n) is 4.16. The molecule has 0 spiro atoms. The number of rotatable bonds is 1. The number of hydrogen-bond acceptors (Lipinski definition) is 5. The summed E-state index contributed by atoms with van der Waals surface area (Å²) < 4.78 is 0. The van der Waals surface area contributed by atoms with E-state index in [0.717, 1.165) is 16.8 Å². The largest absolute Gasteiger partial charge is 0.384 e. The Morgan fingerprint density at radius 1 is 0.913 bits per heavy atom. The molecular formula is C17H13ClN4O. The van der Waals surface area contributed by atoms with E-state index in [4.69, 9.17) is 16.7 Å². The number of halogens is 1. The van der Waals surface area contributed by atoms with Crippen molar-refractivity contribution in [3.63, 3.8) is 0 Å². The average molecular weight is 325 g/mol. The maximum atomic E-state index is 8.57. The van der Waals surface area contributed by atoms with Crippen molar-refractivity contribution in [1.29, 1.82) is 0 Å². The van der Waals surface area contributed by atoms with E-state index in [1.807, 2.05) is 24.3 Å². The summed E-state index contributed by atoms with van der Waals surface area (Å²) in [5.41, 5.74) is 2.72. The molecule has 0 bridgehead atoms. The highest BCUT2D eigenvalue weighted by molar-refractivity contribution is 6.29. The molecule has 0 aliphatic heterocycles. The molecule has 1 aromatic carbocycles. The van der Waals surface area contributed by atoms with Gasteiger partial charge in [-0.3, -0.25) is 15.0 Å². The third-order valence-electron chi connectivity index (χ3n) is 2.59. The predicted octanol–water partition coefficient (Wildman–Crippen LogP) is 2.62. The average Bonchev–Trinajstić information content (AvgIpc) is 2.62. The Bertz CT molecular complexity index is 768. The number of nitrogens with zero attached hydrogens (tertiary/aromatic N) is 4. The summed E-state index contributed by atoms with van der Waals surface area (Å²) in [5.74, 6) is 5.44. The molecule has 3 aromatic rings. The standard InChI is InChI=1S/C13H10N2O.C4H3ClN2/c16-9-1-2-11-3-5-12(6-4-11)13-10-14-7-8-15-13;5-4-3-6-1-2-7-4/h3-8,10,16H,9H2;1-3H. The molecule has 1 N–H and O–H groups in total. The van der Waals surface area contributed by atoms with Gasteiger partial charge in [0.15, 0.2) is 0 Å². The minimum atomic E-state index is -0.119. The first-order valence-corrected chi connectivity index (χ1v) is 7.05. The van der Waals surface area contributed by atoms with Gasteiger partial charge in [-0.15, -0.1) is 0 Å². The van der Waals surface area contributed by atoms with Crippen molar-refractivity contribution in [3.8, 4) is 23.1 Å². The SMILES string of the molecule is Clc1cnccn1.OCC#Cc1ccc(-c2cnccn2)cc1. The molecule has 0 aliphatic rings. The van der Waals surface area contributed by atoms with Crippen LogP contribution in [-0.4, -0.2) is 31.6 Å². The van der Waals surface area contributed by atoms with Crippen molar-refractivity contribution in [1.82, 2.24) is 19.9 Å². The van der Waals surface area contributed by atoms with Gasteiger partial charge in [-0.1, -0.05) is 35.6 Å². The molecule has 2 heterocycles. The van der Waals surface area contributed by atoms with E-state index < -0.39 is 0 Å². The van der Waals surface area contributed by atoms with Crippen molar-refractivity contribution in [2.45, 2.75) is 0 Å². The van der Waals surface area contributed by atoms with Gasteiger partial charge in [0.25, 0.3) is 0 Å². The van der Waals surface area contributed by atoms with Crippen molar-refractivity contribution < 1.29 is 5.11 Å². The van der Waals surface area contributed by atoms with Gasteiger partial charge in [-0.05, 0) is 12.1 Å². The molecule has 114 valence electrons. The second kappa shape index (κ2) is 9.26. The topological polar surface area (TPSA) is 71.8 Å². The maximum Gasteiger partial charge on any atom is 0.147 e. The predicted molar refractivity (Wildman–Crippen MR) is 88.5 cm³/mol. The quantitative estimate of drug-likeness (QED) is 0.697. The summed E-state index contributed by atoms with van der Waals surface area (Å²) in [5, 5.41) is 9.00. The Kier molecular flexibility index (Phi) is 6.66. The van der Waals surface area contributed by atoms with E-state index in [-0.39, 0.29) is 6.61 Å². The fourth-order valence-corrected chi connectivity index (χ4v) is 1.71. The molecule has 2 aromatic heterocycles. The highest BCUT2D eigenvalue weighted by Crippen LogP contribution is 2.15. The van der Waals surface area contributed by atoms with Gasteiger partial charge < -0.3 is 5.11 Å². The number of aliphatic hydroxyl groups is 1. The van der Waals surface area contributed by atoms with Gasteiger partial charge in [0.1, 0.15) is 11.8 Å². The van der Waals surface area contributed by atoms with Crippen LogP contribution in [0.5, 0.6) is 0 Å². The summed E-state index contributed by atoms with van der Waals surface area (Å²) in [7, 11) is 0. The van der Waals surface area contributed by atoms with Crippen LogP contribution in [0.1, 0.15) is 5.56 Å². The summed E-state index contributed by atoms with van der Waals surface area (Å²) in [4.78, 5) is 15.6. The van der Waals surface area contributed by atoms with E-state index in [2.05, 4.69) is 31.8 Å². The van der Waals surface area contributed by atoms with Crippen LogP contribution >= 0.6 is 11.6 Å². The van der Waals surface area contributed by atoms with Crippen LogP contribution in [0.2, 0.25) is 5.15 Å². The van der Waals surface area contributed by atoms with Crippen molar-refractivity contribution in [2.24, 2.45) is 0 Å². The number of benzene rings is 1. The lowest BCUT2D eigenvalue weighted by Crippen LogP contribution is -1.84. The molecule has 23 heavy (non-hydrogen) atoms. The molecule has 0 radical (unpaired) electrons. The van der Waals surface area contributed by atoms with Crippen molar-refractivity contribution >= 4 is 11.6 Å². The lowest BCUT2D eigenvalue weighted by molar-refractivity contribution is 0.350. The number of hydrogen-bond donors (Lipinski definition) is 1. The van der Waals surface area contributed by atoms with Gasteiger partial charge in [0.2, 0.25) is 0 Å². The molecule has 3 rings (SSSR count). The smallest absolute Gasteiger partial charge is 0.147 e. The summed E-state index contributed by atoms with van der Waals surface area (Å²) in [6, 6.07) is 7.66. The van der Waals surface area contributed by atoms with E-state index in [9.17, 15) is 0 Å². The molecule has 0 aliphatic carbocycles. The van der Waals surface area contributed by atoms with Crippen LogP contribution in [0.15, 0.2) is 61.4 Å². The summed E-state index contributed by atoms with van der Waals surface area (Å²) >= 11 is 5.37. The molecule has 0 saturated carbocycles. The highest BCUT2D eigenvalue weighted by atomic mass is 35.5. The van der Waals surface area contributed by atoms with Gasteiger partial charge in [0.05, 0.1) is 18.1 Å². The first-order valence-electron chi connectivity index (χ1n) is 6.67. The Labute approximate surface area is 139 Å². The fourth-order valence-electron chi connectivity index (χ4n) is 1.59. The molecule has 0 atom stereocenters. The molecule has 6 heteroatoms. The van der Waals surface area contributed by atoms with Crippen LogP contribution in [0.3, 0.4) is 0 Å². The lowest BCUT2D eigenvalue weighted by atomic mass is 10.1. The summed E-state index contributed by atoms with van der Waals surface area (Å²) in [6.07, 6.45) is 9.63. The van der Waals surface area contributed by atoms with Crippen molar-refractivity contribution in [2.75, 3.05) is 6.61 Å². The van der Waals surface area contributed by atoms with Gasteiger partial charge in [-0.25, -0.2) is 4.98 Å². The Balaban J connectivity index is 0.000000229. The maximum absolute atomic E-state index is 8.57. The first kappa shape index (κ1) is 16.6. The van der Waals surface area contributed by atoms with Crippen LogP contribution in [0.25, 0.3) is 11.3 Å². The van der Waals surface area contributed by atoms with E-state index in [1.165, 1.54) is 6.20 Å². The Hall–Kier alpha value is -2.81. The first-order chi connectivity index (χ1) is 11.3. The van der Waals surface area contributed by atoms with Gasteiger partial charge in [0, 0.05) is 35.9 Å². The zero-order valence-electron chi connectivity index (χ0n) is 12.1. The molecule has 0 amide bonds. The summed E-state index contributed by atoms with van der Waals surface area (Å²) in [6.45, 7) is -0.119. The zero-order chi connectivity index (χ0) is 16.3. The third kappa shape index (κ3) is 5.83. The van der Waals surface area contributed by atoms with E-state index in [0.29, 0.717) is 5.15 Å². The number of aromatic nitrogens is 4. The van der Waals surface area contributed by atoms with Crippen LogP contribution in [0, 0.1) is 11.8 Å². The van der Waals surface area contributed by atoms with Crippen molar-refractivity contribution in [3.05, 3.63) is 72.2 Å². The molecule has 0 saturated heterocycles. The second-order valence-corrected chi connectivity index (χ2v) is 4.54. The normalized spacial score (nSPS) is 9.13. The Morgan fingerprint density at radius 2 is 1.61 bits per heavy atom. The van der Waals surface area contributed by atoms with Crippen LogP contribution in [-0.2, 0) is 0 Å². The zero-order valence-corrected chi connectivity index (χ0v) is 12.9. The molecule has 0 fully saturated rings. The molecule has 0 unspecified atom stereocenters. The monoisotopic (exact) mass is 324 g/mol. The van der Waals surface area contributed by atoms with Gasteiger partial charge in [-0.2, -0.15) is 0 Å². The van der Waals surface area contributed by atoms with Crippen LogP contribution < -0.4 is 0 Å². The van der Waals surface area contributed by atoms with Crippen LogP contribution in [0.4, 0.5) is 0 Å².